The highest BCUT2D eigenvalue weighted by Crippen LogP contribution is 2.31. The molecule has 1 aliphatic heterocycles. The summed E-state index contributed by atoms with van der Waals surface area (Å²) >= 11 is 7.63. The van der Waals surface area contributed by atoms with E-state index in [1.807, 2.05) is 20.8 Å². The Morgan fingerprint density at radius 2 is 1.79 bits per heavy atom. The van der Waals surface area contributed by atoms with Crippen molar-refractivity contribution >= 4 is 63.1 Å². The molecular weight excluding hydrogens is 528 g/mol. The van der Waals surface area contributed by atoms with Crippen molar-refractivity contribution < 1.29 is 23.9 Å². The number of anilines is 3. The van der Waals surface area contributed by atoms with Gasteiger partial charge >= 0.3 is 5.97 Å². The van der Waals surface area contributed by atoms with Crippen LogP contribution in [0.1, 0.15) is 51.1 Å². The van der Waals surface area contributed by atoms with E-state index in [0.29, 0.717) is 16.4 Å². The van der Waals surface area contributed by atoms with Gasteiger partial charge in [0.05, 0.1) is 23.6 Å². The number of esters is 1. The zero-order valence-corrected chi connectivity index (χ0v) is 22.5. The third-order valence-corrected chi connectivity index (χ3v) is 7.10. The summed E-state index contributed by atoms with van der Waals surface area (Å²) in [6.07, 6.45) is 1.62. The molecule has 3 aromatic rings. The van der Waals surface area contributed by atoms with Crippen molar-refractivity contribution in [3.63, 3.8) is 0 Å². The van der Waals surface area contributed by atoms with Crippen LogP contribution >= 0.6 is 22.9 Å². The van der Waals surface area contributed by atoms with Gasteiger partial charge in [0.2, 0.25) is 0 Å². The minimum absolute atomic E-state index is 0.112. The molecule has 3 amide bonds. The molecule has 0 bridgehead atoms. The second-order valence-corrected chi connectivity index (χ2v) is 10.1. The Hall–Kier alpha value is -4.02. The quantitative estimate of drug-likeness (QED) is 0.207. The average Bonchev–Trinajstić information content (AvgIpc) is 3.33. The fourth-order valence-electron chi connectivity index (χ4n) is 3.56. The number of aryl methyl sites for hydroxylation is 2. The van der Waals surface area contributed by atoms with E-state index in [-0.39, 0.29) is 34.5 Å². The first-order valence-corrected chi connectivity index (χ1v) is 13.1. The molecular formula is C27H25ClN4O5S. The van der Waals surface area contributed by atoms with E-state index in [1.165, 1.54) is 23.5 Å². The number of aromatic nitrogens is 1. The lowest BCUT2D eigenvalue weighted by molar-refractivity contribution is -0.120. The lowest BCUT2D eigenvalue weighted by atomic mass is 10.2. The highest BCUT2D eigenvalue weighted by Gasteiger charge is 2.39. The van der Waals surface area contributed by atoms with E-state index in [4.69, 9.17) is 16.3 Å². The van der Waals surface area contributed by atoms with Gasteiger partial charge < -0.3 is 10.1 Å². The molecule has 0 aliphatic carbocycles. The third kappa shape index (κ3) is 5.76. The molecule has 9 nitrogen and oxygen atoms in total. The monoisotopic (exact) mass is 552 g/mol. The van der Waals surface area contributed by atoms with Crippen LogP contribution < -0.4 is 15.5 Å². The Kier molecular flexibility index (Phi) is 8.23. The molecule has 38 heavy (non-hydrogen) atoms. The van der Waals surface area contributed by atoms with Gasteiger partial charge in [0, 0.05) is 16.1 Å². The van der Waals surface area contributed by atoms with Crippen LogP contribution in [0.5, 0.6) is 0 Å². The predicted octanol–water partition coefficient (Wildman–Crippen LogP) is 5.40. The molecule has 0 unspecified atom stereocenters. The Balaban J connectivity index is 1.45. The van der Waals surface area contributed by atoms with Crippen LogP contribution in [0.3, 0.4) is 0 Å². The van der Waals surface area contributed by atoms with Crippen LogP contribution in [0, 0.1) is 13.8 Å². The number of imide groups is 1. The summed E-state index contributed by atoms with van der Waals surface area (Å²) in [5.74, 6) is -2.26. The SMILES string of the molecule is CCCCOC(=O)c1cccc(N2C(=O)C(Cl)=C(Nc3ccc(C(=O)Nc4nc(C)c(C)s4)cc3)C2=O)c1. The van der Waals surface area contributed by atoms with Gasteiger partial charge in [0.15, 0.2) is 5.13 Å². The van der Waals surface area contributed by atoms with Gasteiger partial charge in [-0.25, -0.2) is 14.7 Å². The largest absolute Gasteiger partial charge is 0.462 e. The number of rotatable bonds is 9. The van der Waals surface area contributed by atoms with E-state index in [0.717, 1.165) is 28.3 Å². The minimum Gasteiger partial charge on any atom is -0.462 e. The maximum atomic E-state index is 13.1. The van der Waals surface area contributed by atoms with Crippen LogP contribution in [0.15, 0.2) is 59.3 Å². The molecule has 0 saturated heterocycles. The molecule has 4 rings (SSSR count). The first-order valence-electron chi connectivity index (χ1n) is 11.9. The van der Waals surface area contributed by atoms with Crippen LogP contribution in [-0.2, 0) is 14.3 Å². The van der Waals surface area contributed by atoms with Crippen molar-refractivity contribution in [2.45, 2.75) is 33.6 Å². The highest BCUT2D eigenvalue weighted by atomic mass is 35.5. The van der Waals surface area contributed by atoms with Gasteiger partial charge in [-0.1, -0.05) is 31.0 Å². The van der Waals surface area contributed by atoms with E-state index in [2.05, 4.69) is 15.6 Å². The summed E-state index contributed by atoms with van der Waals surface area (Å²) in [6.45, 7) is 6.07. The number of amides is 3. The second-order valence-electron chi connectivity index (χ2n) is 8.49. The first kappa shape index (κ1) is 27.0. The number of nitrogens with zero attached hydrogens (tertiary/aromatic N) is 2. The maximum Gasteiger partial charge on any atom is 0.338 e. The van der Waals surface area contributed by atoms with Gasteiger partial charge in [-0.05, 0) is 62.7 Å². The number of unbranched alkanes of at least 4 members (excludes halogenated alkanes) is 1. The van der Waals surface area contributed by atoms with Gasteiger partial charge in [-0.2, -0.15) is 0 Å². The zero-order chi connectivity index (χ0) is 27.4. The summed E-state index contributed by atoms with van der Waals surface area (Å²) in [5, 5.41) is 5.86. The fourth-order valence-corrected chi connectivity index (χ4v) is 4.58. The lowest BCUT2D eigenvalue weighted by Crippen LogP contribution is -2.32. The average molecular weight is 553 g/mol. The number of ether oxygens (including phenoxy) is 1. The van der Waals surface area contributed by atoms with Crippen molar-refractivity contribution in [2.75, 3.05) is 22.1 Å². The Morgan fingerprint density at radius 1 is 1.05 bits per heavy atom. The number of hydrogen-bond donors (Lipinski definition) is 2. The van der Waals surface area contributed by atoms with Crippen LogP contribution in [-0.4, -0.2) is 35.3 Å². The number of thiazole rings is 1. The standard InChI is InChI=1S/C27H25ClN4O5S/c1-4-5-13-37-26(36)18-7-6-8-20(14-18)32-24(34)21(28)22(25(32)35)30-19-11-9-17(10-12-19)23(33)31-27-29-15(2)16(3)38-27/h6-12,14,30H,4-5,13H2,1-3H3,(H,29,31,33). The number of carbonyl (C=O) groups excluding carboxylic acids is 4. The maximum absolute atomic E-state index is 13.1. The molecule has 1 aromatic heterocycles. The lowest BCUT2D eigenvalue weighted by Gasteiger charge is -2.16. The van der Waals surface area contributed by atoms with Crippen molar-refractivity contribution in [3.8, 4) is 0 Å². The van der Waals surface area contributed by atoms with Crippen molar-refractivity contribution in [2.24, 2.45) is 0 Å². The minimum atomic E-state index is -0.722. The fraction of sp³-hybridized carbons (Fsp3) is 0.222. The van der Waals surface area contributed by atoms with Gasteiger partial charge in [-0.3, -0.25) is 19.7 Å². The molecule has 0 spiro atoms. The van der Waals surface area contributed by atoms with Crippen molar-refractivity contribution in [3.05, 3.63) is 81.0 Å². The Labute approximate surface area is 228 Å². The number of benzene rings is 2. The Bertz CT molecular complexity index is 1430. The van der Waals surface area contributed by atoms with Crippen molar-refractivity contribution in [1.29, 1.82) is 0 Å². The van der Waals surface area contributed by atoms with E-state index < -0.39 is 17.8 Å². The summed E-state index contributed by atoms with van der Waals surface area (Å²) in [6, 6.07) is 12.4. The molecule has 196 valence electrons. The number of halogens is 1. The molecule has 11 heteroatoms. The molecule has 2 aromatic carbocycles. The summed E-state index contributed by atoms with van der Waals surface area (Å²) in [7, 11) is 0. The first-order chi connectivity index (χ1) is 18.2. The van der Waals surface area contributed by atoms with Crippen molar-refractivity contribution in [1.82, 2.24) is 4.98 Å². The van der Waals surface area contributed by atoms with Crippen LogP contribution in [0.2, 0.25) is 0 Å². The number of carbonyl (C=O) groups is 4. The normalized spacial score (nSPS) is 13.2. The molecule has 0 atom stereocenters. The van der Waals surface area contributed by atoms with E-state index in [1.54, 1.807) is 36.4 Å². The molecule has 0 saturated carbocycles. The molecule has 0 fully saturated rings. The molecule has 2 N–H and O–H groups in total. The van der Waals surface area contributed by atoms with E-state index in [9.17, 15) is 19.2 Å². The van der Waals surface area contributed by atoms with Gasteiger partial charge in [-0.15, -0.1) is 11.3 Å². The molecule has 2 heterocycles. The summed E-state index contributed by atoms with van der Waals surface area (Å²) < 4.78 is 5.22. The smallest absolute Gasteiger partial charge is 0.338 e. The molecule has 0 radical (unpaired) electrons. The van der Waals surface area contributed by atoms with Crippen LogP contribution in [0.4, 0.5) is 16.5 Å². The number of hydrogen-bond acceptors (Lipinski definition) is 8. The summed E-state index contributed by atoms with van der Waals surface area (Å²) in [5.41, 5.74) is 2.00. The number of nitrogens with one attached hydrogen (secondary N) is 2. The topological polar surface area (TPSA) is 118 Å². The van der Waals surface area contributed by atoms with E-state index >= 15 is 0 Å². The molecule has 1 aliphatic rings. The third-order valence-electron chi connectivity index (χ3n) is 5.76. The zero-order valence-electron chi connectivity index (χ0n) is 21.0. The van der Waals surface area contributed by atoms with Crippen LogP contribution in [0.25, 0.3) is 0 Å². The summed E-state index contributed by atoms with van der Waals surface area (Å²) in [4.78, 5) is 57.1. The van der Waals surface area contributed by atoms with Gasteiger partial charge in [0.25, 0.3) is 17.7 Å². The predicted molar refractivity (Wildman–Crippen MR) is 147 cm³/mol. The second kappa shape index (κ2) is 11.6. The Morgan fingerprint density at radius 3 is 2.45 bits per heavy atom. The van der Waals surface area contributed by atoms with Gasteiger partial charge in [0.1, 0.15) is 10.7 Å². The highest BCUT2D eigenvalue weighted by molar-refractivity contribution is 7.15.